The highest BCUT2D eigenvalue weighted by atomic mass is 16.1. The van der Waals surface area contributed by atoms with Crippen LogP contribution in [0.15, 0.2) is 29.1 Å². The quantitative estimate of drug-likeness (QED) is 0.765. The topological polar surface area (TPSA) is 75.0 Å². The van der Waals surface area contributed by atoms with Gasteiger partial charge < -0.3 is 10.7 Å². The van der Waals surface area contributed by atoms with Crippen molar-refractivity contribution < 1.29 is 0 Å². The summed E-state index contributed by atoms with van der Waals surface area (Å²) in [5.41, 5.74) is 6.38. The van der Waals surface area contributed by atoms with Crippen LogP contribution in [0.3, 0.4) is 0 Å². The number of benzene rings is 1. The van der Waals surface area contributed by atoms with Crippen LogP contribution in [-0.2, 0) is 6.54 Å². The molecular weight excluding hydrogens is 216 g/mol. The first-order valence-corrected chi connectivity index (χ1v) is 5.68. The largest absolute Gasteiger partial charge is 0.325 e. The summed E-state index contributed by atoms with van der Waals surface area (Å²) in [7, 11) is 0. The summed E-state index contributed by atoms with van der Waals surface area (Å²) in [6, 6.07) is 7.63. The van der Waals surface area contributed by atoms with E-state index in [0.29, 0.717) is 17.8 Å². The molecule has 1 aliphatic rings. The van der Waals surface area contributed by atoms with E-state index in [9.17, 15) is 4.79 Å². The molecule has 0 saturated carbocycles. The number of nitrogens with zero attached hydrogens (tertiary/aromatic N) is 2. The van der Waals surface area contributed by atoms with E-state index in [2.05, 4.69) is 14.9 Å². The van der Waals surface area contributed by atoms with Gasteiger partial charge in [0.15, 0.2) is 0 Å². The van der Waals surface area contributed by atoms with E-state index in [1.165, 1.54) is 0 Å². The molecule has 0 bridgehead atoms. The Bertz CT molecular complexity index is 601. The molecule has 5 heteroatoms. The number of hydrogen-bond acceptors (Lipinski definition) is 4. The van der Waals surface area contributed by atoms with E-state index in [4.69, 9.17) is 5.73 Å². The third-order valence-corrected chi connectivity index (χ3v) is 3.02. The first-order valence-electron chi connectivity index (χ1n) is 5.68. The average Bonchev–Trinajstić information content (AvgIpc) is 2.27. The molecule has 3 N–H and O–H groups in total. The zero-order valence-electron chi connectivity index (χ0n) is 9.39. The molecule has 1 aromatic carbocycles. The molecule has 0 atom stereocenters. The van der Waals surface area contributed by atoms with Gasteiger partial charge in [-0.1, -0.05) is 12.1 Å². The van der Waals surface area contributed by atoms with Crippen LogP contribution in [0, 0.1) is 0 Å². The summed E-state index contributed by atoms with van der Waals surface area (Å²) < 4.78 is 0. The molecule has 1 saturated heterocycles. The molecule has 17 heavy (non-hydrogen) atoms. The highest BCUT2D eigenvalue weighted by molar-refractivity contribution is 5.77. The van der Waals surface area contributed by atoms with Crippen LogP contribution in [0.25, 0.3) is 10.9 Å². The number of H-pyrrole nitrogens is 1. The number of aromatic amines is 1. The Balaban J connectivity index is 1.93. The van der Waals surface area contributed by atoms with Crippen molar-refractivity contribution in [1.29, 1.82) is 0 Å². The molecule has 0 spiro atoms. The second-order valence-corrected chi connectivity index (χ2v) is 4.48. The van der Waals surface area contributed by atoms with Gasteiger partial charge in [-0.15, -0.1) is 0 Å². The van der Waals surface area contributed by atoms with Crippen molar-refractivity contribution in [3.8, 4) is 0 Å². The summed E-state index contributed by atoms with van der Waals surface area (Å²) in [4.78, 5) is 21.2. The Labute approximate surface area is 98.3 Å². The van der Waals surface area contributed by atoms with Gasteiger partial charge in [-0.25, -0.2) is 4.98 Å². The molecule has 0 amide bonds. The van der Waals surface area contributed by atoms with Crippen LogP contribution < -0.4 is 11.3 Å². The van der Waals surface area contributed by atoms with Gasteiger partial charge in [0.1, 0.15) is 5.82 Å². The molecule has 0 aliphatic carbocycles. The summed E-state index contributed by atoms with van der Waals surface area (Å²) in [5.74, 6) is 0.709. The molecular formula is C12H14N4O. The fourth-order valence-corrected chi connectivity index (χ4v) is 2.16. The maximum atomic E-state index is 11.8. The van der Waals surface area contributed by atoms with Gasteiger partial charge in [0, 0.05) is 19.1 Å². The van der Waals surface area contributed by atoms with Gasteiger partial charge in [0.05, 0.1) is 17.4 Å². The van der Waals surface area contributed by atoms with Crippen molar-refractivity contribution in [2.24, 2.45) is 5.73 Å². The lowest BCUT2D eigenvalue weighted by Crippen LogP contribution is -2.55. The Morgan fingerprint density at radius 2 is 2.18 bits per heavy atom. The van der Waals surface area contributed by atoms with Crippen LogP contribution >= 0.6 is 0 Å². The zero-order chi connectivity index (χ0) is 11.8. The number of rotatable bonds is 2. The van der Waals surface area contributed by atoms with Crippen molar-refractivity contribution in [3.63, 3.8) is 0 Å². The SMILES string of the molecule is NC1CN(Cc2nc3ccccc3c(=O)[nH]2)C1. The maximum absolute atomic E-state index is 11.8. The number of nitrogens with two attached hydrogens (primary N) is 1. The molecule has 1 fully saturated rings. The van der Waals surface area contributed by atoms with Crippen LogP contribution in [0.2, 0.25) is 0 Å². The first kappa shape index (κ1) is 10.4. The Kier molecular flexibility index (Phi) is 2.42. The molecule has 1 aliphatic heterocycles. The van der Waals surface area contributed by atoms with Crippen LogP contribution in [0.5, 0.6) is 0 Å². The minimum atomic E-state index is -0.0737. The molecule has 88 valence electrons. The predicted octanol–water partition coefficient (Wildman–Crippen LogP) is 0.0660. The Morgan fingerprint density at radius 1 is 1.41 bits per heavy atom. The van der Waals surface area contributed by atoms with Gasteiger partial charge in [-0.05, 0) is 12.1 Å². The molecule has 3 rings (SSSR count). The summed E-state index contributed by atoms with van der Waals surface area (Å²) in [5, 5.41) is 0.636. The number of aromatic nitrogens is 2. The molecule has 1 aromatic heterocycles. The van der Waals surface area contributed by atoms with Gasteiger partial charge in [-0.2, -0.15) is 0 Å². The predicted molar refractivity (Wildman–Crippen MR) is 65.6 cm³/mol. The van der Waals surface area contributed by atoms with Crippen LogP contribution in [0.4, 0.5) is 0 Å². The normalized spacial score (nSPS) is 17.2. The van der Waals surface area contributed by atoms with Crippen molar-refractivity contribution in [2.45, 2.75) is 12.6 Å². The highest BCUT2D eigenvalue weighted by Crippen LogP contribution is 2.10. The van der Waals surface area contributed by atoms with Gasteiger partial charge >= 0.3 is 0 Å². The number of nitrogens with one attached hydrogen (secondary N) is 1. The fourth-order valence-electron chi connectivity index (χ4n) is 2.16. The summed E-state index contributed by atoms with van der Waals surface area (Å²) in [6.45, 7) is 2.40. The Morgan fingerprint density at radius 3 is 2.94 bits per heavy atom. The number of para-hydroxylation sites is 1. The average molecular weight is 230 g/mol. The Hall–Kier alpha value is -1.72. The number of fused-ring (bicyclic) bond motifs is 1. The van der Waals surface area contributed by atoms with Crippen molar-refractivity contribution >= 4 is 10.9 Å². The first-order chi connectivity index (χ1) is 8.22. The maximum Gasteiger partial charge on any atom is 0.258 e. The lowest BCUT2D eigenvalue weighted by atomic mass is 10.1. The van der Waals surface area contributed by atoms with Gasteiger partial charge in [0.2, 0.25) is 0 Å². The standard InChI is InChI=1S/C12H14N4O/c13-8-5-16(6-8)7-11-14-10-4-2-1-3-9(10)12(17)15-11/h1-4,8H,5-7,13H2,(H,14,15,17). The van der Waals surface area contributed by atoms with E-state index in [1.54, 1.807) is 6.07 Å². The van der Waals surface area contributed by atoms with Gasteiger partial charge in [0.25, 0.3) is 5.56 Å². The summed E-state index contributed by atoms with van der Waals surface area (Å²) >= 11 is 0. The van der Waals surface area contributed by atoms with E-state index in [1.807, 2.05) is 18.2 Å². The molecule has 2 aromatic rings. The second kappa shape index (κ2) is 3.94. The number of hydrogen-bond donors (Lipinski definition) is 2. The zero-order valence-corrected chi connectivity index (χ0v) is 9.39. The second-order valence-electron chi connectivity index (χ2n) is 4.48. The van der Waals surface area contributed by atoms with Crippen LogP contribution in [0.1, 0.15) is 5.82 Å². The van der Waals surface area contributed by atoms with E-state index < -0.39 is 0 Å². The van der Waals surface area contributed by atoms with Crippen molar-refractivity contribution in [2.75, 3.05) is 13.1 Å². The van der Waals surface area contributed by atoms with Crippen molar-refractivity contribution in [3.05, 3.63) is 40.4 Å². The highest BCUT2D eigenvalue weighted by Gasteiger charge is 2.23. The molecule has 5 nitrogen and oxygen atoms in total. The third kappa shape index (κ3) is 1.94. The van der Waals surface area contributed by atoms with Crippen LogP contribution in [-0.4, -0.2) is 34.0 Å². The van der Waals surface area contributed by atoms with Gasteiger partial charge in [-0.3, -0.25) is 9.69 Å². The number of likely N-dealkylation sites (tertiary alicyclic amines) is 1. The molecule has 2 heterocycles. The lowest BCUT2D eigenvalue weighted by molar-refractivity contribution is 0.138. The monoisotopic (exact) mass is 230 g/mol. The van der Waals surface area contributed by atoms with E-state index in [0.717, 1.165) is 18.6 Å². The minimum absolute atomic E-state index is 0.0737. The van der Waals surface area contributed by atoms with E-state index >= 15 is 0 Å². The lowest BCUT2D eigenvalue weighted by Gasteiger charge is -2.36. The van der Waals surface area contributed by atoms with E-state index in [-0.39, 0.29) is 11.6 Å². The minimum Gasteiger partial charge on any atom is -0.325 e. The summed E-state index contributed by atoms with van der Waals surface area (Å²) in [6.07, 6.45) is 0. The smallest absolute Gasteiger partial charge is 0.258 e. The fraction of sp³-hybridized carbons (Fsp3) is 0.333. The van der Waals surface area contributed by atoms with Crippen molar-refractivity contribution in [1.82, 2.24) is 14.9 Å². The third-order valence-electron chi connectivity index (χ3n) is 3.02. The molecule has 0 unspecified atom stereocenters. The molecule has 0 radical (unpaired) electrons.